The van der Waals surface area contributed by atoms with Crippen LogP contribution >= 0.6 is 0 Å². The third-order valence-corrected chi connectivity index (χ3v) is 4.11. The van der Waals surface area contributed by atoms with Gasteiger partial charge in [0.1, 0.15) is 11.7 Å². The number of rotatable bonds is 5. The Bertz CT molecular complexity index is 863. The summed E-state index contributed by atoms with van der Waals surface area (Å²) in [7, 11) is 1.87. The second-order valence-electron chi connectivity index (χ2n) is 5.62. The molecule has 0 fully saturated rings. The molecule has 3 rings (SSSR count). The standard InChI is InChI=1S/C20H17N3O/c1-23-13-12-22-20(23)18(15-8-4-2-5-9-15)17(14-21)19(24)16-10-6-3-7-11-16/h2-13,17-18H,1H3. The second kappa shape index (κ2) is 6.93. The van der Waals surface area contributed by atoms with E-state index in [4.69, 9.17) is 0 Å². The van der Waals surface area contributed by atoms with Gasteiger partial charge in [-0.3, -0.25) is 4.79 Å². The molecule has 0 aliphatic heterocycles. The number of aromatic nitrogens is 2. The average molecular weight is 315 g/mol. The maximum absolute atomic E-state index is 12.9. The summed E-state index contributed by atoms with van der Waals surface area (Å²) < 4.78 is 1.86. The molecule has 0 spiro atoms. The summed E-state index contributed by atoms with van der Waals surface area (Å²) in [6, 6.07) is 20.8. The monoisotopic (exact) mass is 315 g/mol. The van der Waals surface area contributed by atoms with Crippen LogP contribution in [0.2, 0.25) is 0 Å². The number of benzene rings is 2. The third-order valence-electron chi connectivity index (χ3n) is 4.11. The first-order valence-electron chi connectivity index (χ1n) is 7.73. The minimum atomic E-state index is -0.837. The van der Waals surface area contributed by atoms with Gasteiger partial charge in [-0.15, -0.1) is 0 Å². The maximum atomic E-state index is 12.9. The average Bonchev–Trinajstić information content (AvgIpc) is 3.06. The summed E-state index contributed by atoms with van der Waals surface area (Å²) in [5.74, 6) is -0.730. The molecule has 1 aromatic heterocycles. The SMILES string of the molecule is Cn1ccnc1C(c1ccccc1)C(C#N)C(=O)c1ccccc1. The van der Waals surface area contributed by atoms with Crippen molar-refractivity contribution in [3.63, 3.8) is 0 Å². The Hall–Kier alpha value is -3.19. The number of hydrogen-bond acceptors (Lipinski definition) is 3. The van der Waals surface area contributed by atoms with Crippen molar-refractivity contribution < 1.29 is 4.79 Å². The van der Waals surface area contributed by atoms with Gasteiger partial charge in [0.2, 0.25) is 0 Å². The fraction of sp³-hybridized carbons (Fsp3) is 0.150. The minimum absolute atomic E-state index is 0.185. The van der Waals surface area contributed by atoms with Crippen LogP contribution in [-0.2, 0) is 7.05 Å². The first-order chi connectivity index (χ1) is 11.7. The van der Waals surface area contributed by atoms with Gasteiger partial charge in [-0.25, -0.2) is 4.98 Å². The van der Waals surface area contributed by atoms with Crippen molar-refractivity contribution in [2.24, 2.45) is 13.0 Å². The number of carbonyl (C=O) groups excluding carboxylic acids is 1. The van der Waals surface area contributed by atoms with E-state index in [1.54, 1.807) is 30.5 Å². The molecule has 1 heterocycles. The van der Waals surface area contributed by atoms with Crippen LogP contribution in [0.25, 0.3) is 0 Å². The van der Waals surface area contributed by atoms with Gasteiger partial charge in [-0.2, -0.15) is 5.26 Å². The van der Waals surface area contributed by atoms with Crippen LogP contribution in [0.3, 0.4) is 0 Å². The molecule has 0 amide bonds. The summed E-state index contributed by atoms with van der Waals surface area (Å²) in [6.07, 6.45) is 3.51. The van der Waals surface area contributed by atoms with E-state index in [0.717, 1.165) is 5.56 Å². The van der Waals surface area contributed by atoms with Crippen molar-refractivity contribution in [2.45, 2.75) is 5.92 Å². The van der Waals surface area contributed by atoms with Gasteiger partial charge < -0.3 is 4.57 Å². The minimum Gasteiger partial charge on any atom is -0.337 e. The second-order valence-corrected chi connectivity index (χ2v) is 5.62. The van der Waals surface area contributed by atoms with E-state index in [0.29, 0.717) is 11.4 Å². The van der Waals surface area contributed by atoms with Gasteiger partial charge in [-0.05, 0) is 5.56 Å². The molecule has 4 nitrogen and oxygen atoms in total. The first-order valence-corrected chi connectivity index (χ1v) is 7.73. The molecule has 118 valence electrons. The highest BCUT2D eigenvalue weighted by Gasteiger charge is 2.34. The molecule has 0 bridgehead atoms. The number of nitrogens with zero attached hydrogens (tertiary/aromatic N) is 3. The molecule has 0 radical (unpaired) electrons. The van der Waals surface area contributed by atoms with Crippen LogP contribution in [0.4, 0.5) is 0 Å². The Kier molecular flexibility index (Phi) is 4.53. The topological polar surface area (TPSA) is 58.7 Å². The predicted molar refractivity (Wildman–Crippen MR) is 91.4 cm³/mol. The van der Waals surface area contributed by atoms with E-state index in [2.05, 4.69) is 11.1 Å². The zero-order valence-electron chi connectivity index (χ0n) is 13.3. The lowest BCUT2D eigenvalue weighted by molar-refractivity contribution is 0.0938. The van der Waals surface area contributed by atoms with Crippen molar-refractivity contribution in [1.82, 2.24) is 9.55 Å². The number of ketones is 1. The van der Waals surface area contributed by atoms with Crippen LogP contribution in [0.1, 0.15) is 27.7 Å². The normalized spacial score (nSPS) is 13.0. The van der Waals surface area contributed by atoms with E-state index < -0.39 is 11.8 Å². The van der Waals surface area contributed by atoms with Gasteiger partial charge in [0, 0.05) is 25.0 Å². The number of nitriles is 1. The molecule has 24 heavy (non-hydrogen) atoms. The van der Waals surface area contributed by atoms with E-state index in [1.807, 2.05) is 54.2 Å². The van der Waals surface area contributed by atoms with Gasteiger partial charge >= 0.3 is 0 Å². The number of Topliss-reactive ketones (excluding diaryl/α,β-unsaturated/α-hetero) is 1. The molecular weight excluding hydrogens is 298 g/mol. The molecule has 0 aliphatic rings. The van der Waals surface area contributed by atoms with Crippen LogP contribution in [0, 0.1) is 17.2 Å². The number of aryl methyl sites for hydroxylation is 1. The highest BCUT2D eigenvalue weighted by Crippen LogP contribution is 2.32. The van der Waals surface area contributed by atoms with Crippen LogP contribution in [-0.4, -0.2) is 15.3 Å². The molecule has 0 N–H and O–H groups in total. The molecular formula is C20H17N3O. The molecule has 0 saturated heterocycles. The van der Waals surface area contributed by atoms with Crippen molar-refractivity contribution in [1.29, 1.82) is 5.26 Å². The largest absolute Gasteiger partial charge is 0.337 e. The zero-order chi connectivity index (χ0) is 16.9. The van der Waals surface area contributed by atoms with Crippen molar-refractivity contribution in [2.75, 3.05) is 0 Å². The number of carbonyl (C=O) groups is 1. The fourth-order valence-electron chi connectivity index (χ4n) is 2.89. The lowest BCUT2D eigenvalue weighted by Gasteiger charge is -2.21. The molecule has 2 unspecified atom stereocenters. The van der Waals surface area contributed by atoms with Crippen molar-refractivity contribution in [3.05, 3.63) is 90.0 Å². The Labute approximate surface area is 141 Å². The van der Waals surface area contributed by atoms with Gasteiger partial charge in [0.05, 0.1) is 12.0 Å². The summed E-state index contributed by atoms with van der Waals surface area (Å²) in [6.45, 7) is 0. The molecule has 2 aromatic carbocycles. The van der Waals surface area contributed by atoms with Crippen LogP contribution < -0.4 is 0 Å². The Morgan fingerprint density at radius 2 is 1.71 bits per heavy atom. The van der Waals surface area contributed by atoms with Gasteiger partial charge in [0.15, 0.2) is 5.78 Å². The Balaban J connectivity index is 2.09. The molecule has 2 atom stereocenters. The van der Waals surface area contributed by atoms with Crippen LogP contribution in [0.5, 0.6) is 0 Å². The lowest BCUT2D eigenvalue weighted by atomic mass is 9.81. The number of hydrogen-bond donors (Lipinski definition) is 0. The lowest BCUT2D eigenvalue weighted by Crippen LogP contribution is -2.24. The van der Waals surface area contributed by atoms with Crippen molar-refractivity contribution in [3.8, 4) is 6.07 Å². The van der Waals surface area contributed by atoms with Crippen molar-refractivity contribution >= 4 is 5.78 Å². The zero-order valence-corrected chi connectivity index (χ0v) is 13.3. The van der Waals surface area contributed by atoms with Gasteiger partial charge in [0.25, 0.3) is 0 Å². The molecule has 3 aromatic rings. The van der Waals surface area contributed by atoms with E-state index in [1.165, 1.54) is 0 Å². The van der Waals surface area contributed by atoms with Gasteiger partial charge in [-0.1, -0.05) is 60.7 Å². The fourth-order valence-corrected chi connectivity index (χ4v) is 2.89. The van der Waals surface area contributed by atoms with E-state index >= 15 is 0 Å². The Morgan fingerprint density at radius 3 is 2.25 bits per heavy atom. The highest BCUT2D eigenvalue weighted by molar-refractivity contribution is 6.00. The summed E-state index contributed by atoms with van der Waals surface area (Å²) in [5, 5.41) is 9.77. The van der Waals surface area contributed by atoms with E-state index in [-0.39, 0.29) is 5.78 Å². The summed E-state index contributed by atoms with van der Waals surface area (Å²) in [4.78, 5) is 17.3. The summed E-state index contributed by atoms with van der Waals surface area (Å²) in [5.41, 5.74) is 1.45. The Morgan fingerprint density at radius 1 is 1.08 bits per heavy atom. The molecule has 0 saturated carbocycles. The molecule has 4 heteroatoms. The quantitative estimate of drug-likeness (QED) is 0.676. The van der Waals surface area contributed by atoms with Crippen LogP contribution in [0.15, 0.2) is 73.1 Å². The van der Waals surface area contributed by atoms with E-state index in [9.17, 15) is 10.1 Å². The number of imidazole rings is 1. The third kappa shape index (κ3) is 2.97. The maximum Gasteiger partial charge on any atom is 0.181 e. The molecule has 0 aliphatic carbocycles. The summed E-state index contributed by atoms with van der Waals surface area (Å²) >= 11 is 0. The smallest absolute Gasteiger partial charge is 0.181 e. The first kappa shape index (κ1) is 15.7. The predicted octanol–water partition coefficient (Wildman–Crippen LogP) is 3.57. The highest BCUT2D eigenvalue weighted by atomic mass is 16.1.